The van der Waals surface area contributed by atoms with E-state index in [1.807, 2.05) is 31.2 Å². The highest BCUT2D eigenvalue weighted by Gasteiger charge is 2.14. The Morgan fingerprint density at radius 2 is 1.88 bits per heavy atom. The Balaban J connectivity index is 1.66. The fourth-order valence-electron chi connectivity index (χ4n) is 2.40. The molecule has 0 radical (unpaired) electrons. The fourth-order valence-corrected chi connectivity index (χ4v) is 2.40. The van der Waals surface area contributed by atoms with Crippen LogP contribution in [-0.2, 0) is 11.3 Å². The van der Waals surface area contributed by atoms with E-state index in [-0.39, 0.29) is 6.61 Å². The van der Waals surface area contributed by atoms with E-state index in [9.17, 15) is 4.79 Å². The number of ether oxygens (including phenoxy) is 2. The van der Waals surface area contributed by atoms with Gasteiger partial charge >= 0.3 is 5.97 Å². The van der Waals surface area contributed by atoms with Gasteiger partial charge in [-0.2, -0.15) is 0 Å². The summed E-state index contributed by atoms with van der Waals surface area (Å²) < 4.78 is 15.7. The van der Waals surface area contributed by atoms with E-state index < -0.39 is 5.97 Å². The van der Waals surface area contributed by atoms with Crippen LogP contribution in [0.1, 0.15) is 27.5 Å². The van der Waals surface area contributed by atoms with Crippen LogP contribution in [0.5, 0.6) is 5.75 Å². The number of carbonyl (C=O) groups excluding carboxylic acids is 1. The zero-order chi connectivity index (χ0) is 17.8. The molecule has 128 valence electrons. The molecule has 0 saturated carbocycles. The molecule has 6 nitrogen and oxygen atoms in total. The summed E-state index contributed by atoms with van der Waals surface area (Å²) in [6.45, 7) is 3.66. The van der Waals surface area contributed by atoms with E-state index in [1.165, 1.54) is 0 Å². The number of methoxy groups -OCH3 is 1. The number of aryl methyl sites for hydroxylation is 2. The Kier molecular flexibility index (Phi) is 4.79. The van der Waals surface area contributed by atoms with Crippen LogP contribution in [0.15, 0.2) is 47.0 Å². The number of hydrogen-bond donors (Lipinski definition) is 0. The fraction of sp³-hybridized carbons (Fsp3) is 0.211. The average molecular weight is 338 g/mol. The number of rotatable bonds is 5. The molecular formula is C19H18N2O4. The van der Waals surface area contributed by atoms with E-state index in [0.29, 0.717) is 22.7 Å². The number of hydrogen-bond acceptors (Lipinski definition) is 6. The highest BCUT2D eigenvalue weighted by Crippen LogP contribution is 2.22. The summed E-state index contributed by atoms with van der Waals surface area (Å²) in [6, 6.07) is 12.7. The van der Waals surface area contributed by atoms with Gasteiger partial charge in [-0.3, -0.25) is 4.98 Å². The van der Waals surface area contributed by atoms with Gasteiger partial charge in [-0.1, -0.05) is 5.16 Å². The molecule has 3 rings (SSSR count). The molecule has 0 aliphatic rings. The summed E-state index contributed by atoms with van der Waals surface area (Å²) >= 11 is 0. The third kappa shape index (κ3) is 3.85. The minimum absolute atomic E-state index is 0.00923. The minimum Gasteiger partial charge on any atom is -0.497 e. The molecular weight excluding hydrogens is 320 g/mol. The standard InChI is InChI=1S/C19H18N2O4/c1-12-4-9-17(13(2)20-12)19(22)24-11-16-10-18(21-25-16)14-5-7-15(23-3)8-6-14/h4-10H,11H2,1-3H3. The Labute approximate surface area is 145 Å². The molecule has 0 bridgehead atoms. The second kappa shape index (κ2) is 7.17. The third-order valence-electron chi connectivity index (χ3n) is 3.74. The third-order valence-corrected chi connectivity index (χ3v) is 3.74. The van der Waals surface area contributed by atoms with Gasteiger partial charge in [0.1, 0.15) is 11.4 Å². The lowest BCUT2D eigenvalue weighted by Crippen LogP contribution is -2.08. The molecule has 0 amide bonds. The molecule has 0 fully saturated rings. The molecule has 0 spiro atoms. The maximum atomic E-state index is 12.2. The molecule has 0 N–H and O–H groups in total. The molecule has 2 heterocycles. The molecule has 0 unspecified atom stereocenters. The number of carbonyl (C=O) groups is 1. The Morgan fingerprint density at radius 1 is 1.12 bits per heavy atom. The highest BCUT2D eigenvalue weighted by atomic mass is 16.5. The van der Waals surface area contributed by atoms with Crippen LogP contribution in [0.4, 0.5) is 0 Å². The molecule has 6 heteroatoms. The molecule has 25 heavy (non-hydrogen) atoms. The first-order valence-electron chi connectivity index (χ1n) is 7.78. The van der Waals surface area contributed by atoms with Crippen molar-refractivity contribution < 1.29 is 18.8 Å². The van der Waals surface area contributed by atoms with E-state index in [4.69, 9.17) is 14.0 Å². The summed E-state index contributed by atoms with van der Waals surface area (Å²) in [6.07, 6.45) is 0. The first kappa shape index (κ1) is 16.7. The quantitative estimate of drug-likeness (QED) is 0.660. The van der Waals surface area contributed by atoms with E-state index >= 15 is 0 Å². The summed E-state index contributed by atoms with van der Waals surface area (Å²) in [4.78, 5) is 16.4. The molecule has 0 saturated heterocycles. The normalized spacial score (nSPS) is 10.5. The summed E-state index contributed by atoms with van der Waals surface area (Å²) in [7, 11) is 1.61. The lowest BCUT2D eigenvalue weighted by Gasteiger charge is -2.05. The van der Waals surface area contributed by atoms with Crippen molar-refractivity contribution in [3.8, 4) is 17.0 Å². The van der Waals surface area contributed by atoms with Crippen molar-refractivity contribution in [1.29, 1.82) is 0 Å². The van der Waals surface area contributed by atoms with Crippen LogP contribution >= 0.6 is 0 Å². The van der Waals surface area contributed by atoms with Gasteiger partial charge in [0.15, 0.2) is 12.4 Å². The van der Waals surface area contributed by atoms with Gasteiger partial charge in [0, 0.05) is 17.3 Å². The number of benzene rings is 1. The largest absolute Gasteiger partial charge is 0.497 e. The Hall–Kier alpha value is -3.15. The van der Waals surface area contributed by atoms with Crippen molar-refractivity contribution in [2.75, 3.05) is 7.11 Å². The van der Waals surface area contributed by atoms with E-state index in [1.54, 1.807) is 32.2 Å². The van der Waals surface area contributed by atoms with Crippen molar-refractivity contribution in [2.45, 2.75) is 20.5 Å². The molecule has 3 aromatic rings. The molecule has 2 aromatic heterocycles. The maximum absolute atomic E-state index is 12.2. The van der Waals surface area contributed by atoms with Crippen LogP contribution < -0.4 is 4.74 Å². The lowest BCUT2D eigenvalue weighted by molar-refractivity contribution is 0.0436. The first-order valence-corrected chi connectivity index (χ1v) is 7.78. The second-order valence-corrected chi connectivity index (χ2v) is 5.57. The van der Waals surface area contributed by atoms with Gasteiger partial charge in [0.25, 0.3) is 0 Å². The van der Waals surface area contributed by atoms with Gasteiger partial charge < -0.3 is 14.0 Å². The molecule has 0 atom stereocenters. The van der Waals surface area contributed by atoms with Crippen LogP contribution in [0, 0.1) is 13.8 Å². The average Bonchev–Trinajstić information content (AvgIpc) is 3.09. The van der Waals surface area contributed by atoms with Crippen LogP contribution in [-0.4, -0.2) is 23.2 Å². The SMILES string of the molecule is COc1ccc(-c2cc(COC(=O)c3ccc(C)nc3C)on2)cc1. The predicted octanol–water partition coefficient (Wildman–Crippen LogP) is 3.72. The van der Waals surface area contributed by atoms with Gasteiger partial charge in [-0.15, -0.1) is 0 Å². The molecule has 0 aliphatic carbocycles. The van der Waals surface area contributed by atoms with Crippen molar-refractivity contribution in [2.24, 2.45) is 0 Å². The van der Waals surface area contributed by atoms with Crippen LogP contribution in [0.3, 0.4) is 0 Å². The predicted molar refractivity (Wildman–Crippen MR) is 91.3 cm³/mol. The number of pyridine rings is 1. The van der Waals surface area contributed by atoms with Gasteiger partial charge in [-0.05, 0) is 50.2 Å². The Bertz CT molecular complexity index is 885. The summed E-state index contributed by atoms with van der Waals surface area (Å²) in [5.74, 6) is 0.799. The van der Waals surface area contributed by atoms with Crippen LogP contribution in [0.25, 0.3) is 11.3 Å². The first-order chi connectivity index (χ1) is 12.1. The highest BCUT2D eigenvalue weighted by molar-refractivity contribution is 5.90. The zero-order valence-corrected chi connectivity index (χ0v) is 14.3. The number of nitrogens with zero attached hydrogens (tertiary/aromatic N) is 2. The van der Waals surface area contributed by atoms with Gasteiger partial charge in [0.2, 0.25) is 0 Å². The number of esters is 1. The van der Waals surface area contributed by atoms with Crippen molar-refractivity contribution in [3.05, 3.63) is 65.2 Å². The lowest BCUT2D eigenvalue weighted by atomic mass is 10.1. The minimum atomic E-state index is -0.438. The second-order valence-electron chi connectivity index (χ2n) is 5.57. The van der Waals surface area contributed by atoms with Gasteiger partial charge in [-0.25, -0.2) is 4.79 Å². The van der Waals surface area contributed by atoms with Gasteiger partial charge in [0.05, 0.1) is 18.4 Å². The van der Waals surface area contributed by atoms with E-state index in [0.717, 1.165) is 17.0 Å². The monoisotopic (exact) mass is 338 g/mol. The zero-order valence-electron chi connectivity index (χ0n) is 14.3. The Morgan fingerprint density at radius 3 is 2.56 bits per heavy atom. The number of aromatic nitrogens is 2. The summed E-state index contributed by atoms with van der Waals surface area (Å²) in [5, 5.41) is 4.00. The van der Waals surface area contributed by atoms with Crippen molar-refractivity contribution >= 4 is 5.97 Å². The maximum Gasteiger partial charge on any atom is 0.340 e. The smallest absolute Gasteiger partial charge is 0.340 e. The van der Waals surface area contributed by atoms with E-state index in [2.05, 4.69) is 10.1 Å². The van der Waals surface area contributed by atoms with Crippen molar-refractivity contribution in [3.63, 3.8) is 0 Å². The molecule has 1 aromatic carbocycles. The molecule has 0 aliphatic heterocycles. The van der Waals surface area contributed by atoms with Crippen LogP contribution in [0.2, 0.25) is 0 Å². The van der Waals surface area contributed by atoms with Crippen molar-refractivity contribution in [1.82, 2.24) is 10.1 Å². The summed E-state index contributed by atoms with van der Waals surface area (Å²) in [5.41, 5.74) is 3.50. The topological polar surface area (TPSA) is 74.5 Å².